The molecule has 1 aliphatic carbocycles. The van der Waals surface area contributed by atoms with E-state index in [0.29, 0.717) is 18.9 Å². The van der Waals surface area contributed by atoms with Crippen molar-refractivity contribution < 1.29 is 9.59 Å². The molecule has 4 unspecified atom stereocenters. The maximum atomic E-state index is 12.5. The Morgan fingerprint density at radius 2 is 1.95 bits per heavy atom. The molecule has 1 saturated carbocycles. The van der Waals surface area contributed by atoms with Crippen LogP contribution in [0.15, 0.2) is 0 Å². The largest absolute Gasteiger partial charge is 0.368 e. The molecule has 0 aromatic carbocycles. The number of carbonyl (C=O) groups is 2. The van der Waals surface area contributed by atoms with E-state index in [9.17, 15) is 9.59 Å². The summed E-state index contributed by atoms with van der Waals surface area (Å²) < 4.78 is 0. The number of nitrogens with two attached hydrogens (primary N) is 2. The number of carbonyl (C=O) groups excluding carboxylic acids is 2. The van der Waals surface area contributed by atoms with E-state index < -0.39 is 6.04 Å². The lowest BCUT2D eigenvalue weighted by atomic mass is 9.78. The Hall–Kier alpha value is -1.10. The van der Waals surface area contributed by atoms with Gasteiger partial charge in [0.15, 0.2) is 0 Å². The quantitative estimate of drug-likeness (QED) is 0.785. The lowest BCUT2D eigenvalue weighted by Crippen LogP contribution is -2.47. The molecule has 0 radical (unpaired) electrons. The van der Waals surface area contributed by atoms with Gasteiger partial charge in [-0.2, -0.15) is 0 Å². The Balaban J connectivity index is 2.00. The second-order valence-corrected chi connectivity index (χ2v) is 6.07. The molecule has 0 aromatic rings. The molecule has 1 heterocycles. The van der Waals surface area contributed by atoms with E-state index >= 15 is 0 Å². The smallest absolute Gasteiger partial charge is 0.240 e. The second kappa shape index (κ2) is 5.90. The number of hydrogen-bond acceptors (Lipinski definition) is 3. The summed E-state index contributed by atoms with van der Waals surface area (Å²) in [5, 5.41) is 0. The topological polar surface area (TPSA) is 89.4 Å². The van der Waals surface area contributed by atoms with E-state index in [1.807, 2.05) is 6.92 Å². The van der Waals surface area contributed by atoms with Gasteiger partial charge < -0.3 is 16.4 Å². The fraction of sp³-hybridized carbons (Fsp3) is 0.857. The van der Waals surface area contributed by atoms with Crippen molar-refractivity contribution in [1.29, 1.82) is 0 Å². The third-order valence-corrected chi connectivity index (χ3v) is 4.72. The van der Waals surface area contributed by atoms with Crippen molar-refractivity contribution in [2.24, 2.45) is 23.3 Å². The highest BCUT2D eigenvalue weighted by Crippen LogP contribution is 2.32. The first kappa shape index (κ1) is 14.3. The summed E-state index contributed by atoms with van der Waals surface area (Å²) >= 11 is 0. The van der Waals surface area contributed by atoms with Gasteiger partial charge in [-0.15, -0.1) is 0 Å². The molecule has 5 heteroatoms. The van der Waals surface area contributed by atoms with Gasteiger partial charge in [0.05, 0.1) is 0 Å². The molecular weight excluding hydrogens is 242 g/mol. The van der Waals surface area contributed by atoms with Crippen molar-refractivity contribution >= 4 is 11.8 Å². The first-order valence-corrected chi connectivity index (χ1v) is 7.36. The fourth-order valence-electron chi connectivity index (χ4n) is 3.51. The SMILES string of the molecule is CC(C(=O)N1CCCC1C(N)=O)C1CCCC(N)C1. The van der Waals surface area contributed by atoms with Crippen LogP contribution in [0, 0.1) is 11.8 Å². The fourth-order valence-corrected chi connectivity index (χ4v) is 3.51. The molecule has 2 fully saturated rings. The van der Waals surface area contributed by atoms with Crippen LogP contribution in [-0.2, 0) is 9.59 Å². The normalized spacial score (nSPS) is 33.2. The molecule has 5 nitrogen and oxygen atoms in total. The highest BCUT2D eigenvalue weighted by molar-refractivity contribution is 5.88. The minimum atomic E-state index is -0.396. The van der Waals surface area contributed by atoms with Crippen LogP contribution in [-0.4, -0.2) is 35.3 Å². The molecule has 1 aliphatic heterocycles. The monoisotopic (exact) mass is 267 g/mol. The zero-order valence-corrected chi connectivity index (χ0v) is 11.7. The number of primary amides is 1. The van der Waals surface area contributed by atoms with E-state index in [-0.39, 0.29) is 23.8 Å². The van der Waals surface area contributed by atoms with Gasteiger partial charge >= 0.3 is 0 Å². The van der Waals surface area contributed by atoms with Crippen molar-refractivity contribution in [1.82, 2.24) is 4.90 Å². The number of amides is 2. The molecule has 4 atom stereocenters. The second-order valence-electron chi connectivity index (χ2n) is 6.07. The van der Waals surface area contributed by atoms with E-state index in [4.69, 9.17) is 11.5 Å². The molecule has 0 spiro atoms. The number of hydrogen-bond donors (Lipinski definition) is 2. The molecule has 0 bridgehead atoms. The Morgan fingerprint density at radius 3 is 2.58 bits per heavy atom. The number of nitrogens with zero attached hydrogens (tertiary/aromatic N) is 1. The van der Waals surface area contributed by atoms with Gasteiger partial charge in [0.1, 0.15) is 6.04 Å². The number of likely N-dealkylation sites (tertiary alicyclic amines) is 1. The third kappa shape index (κ3) is 3.08. The maximum Gasteiger partial charge on any atom is 0.240 e. The van der Waals surface area contributed by atoms with Crippen molar-refractivity contribution in [2.75, 3.05) is 6.54 Å². The summed E-state index contributed by atoms with van der Waals surface area (Å²) in [6, 6.07) is -0.174. The molecule has 2 amide bonds. The van der Waals surface area contributed by atoms with Gasteiger partial charge in [-0.1, -0.05) is 13.3 Å². The number of rotatable bonds is 3. The molecule has 1 saturated heterocycles. The van der Waals surface area contributed by atoms with Gasteiger partial charge in [0.2, 0.25) is 11.8 Å². The molecule has 108 valence electrons. The summed E-state index contributed by atoms with van der Waals surface area (Å²) in [4.78, 5) is 25.6. The van der Waals surface area contributed by atoms with Gasteiger partial charge in [0.25, 0.3) is 0 Å². The van der Waals surface area contributed by atoms with E-state index in [1.165, 1.54) is 0 Å². The van der Waals surface area contributed by atoms with Crippen molar-refractivity contribution in [3.8, 4) is 0 Å². The van der Waals surface area contributed by atoms with Crippen LogP contribution >= 0.6 is 0 Å². The van der Waals surface area contributed by atoms with Crippen molar-refractivity contribution in [3.05, 3.63) is 0 Å². The van der Waals surface area contributed by atoms with E-state index in [0.717, 1.165) is 32.1 Å². The van der Waals surface area contributed by atoms with Crippen LogP contribution in [0.1, 0.15) is 45.4 Å². The summed E-state index contributed by atoms with van der Waals surface area (Å²) in [5.74, 6) is 0.00970. The lowest BCUT2D eigenvalue weighted by molar-refractivity contribution is -0.142. The van der Waals surface area contributed by atoms with Gasteiger partial charge in [-0.3, -0.25) is 9.59 Å². The van der Waals surface area contributed by atoms with Gasteiger partial charge in [-0.05, 0) is 38.0 Å². The highest BCUT2D eigenvalue weighted by Gasteiger charge is 2.37. The molecule has 2 aliphatic rings. The van der Waals surface area contributed by atoms with Crippen molar-refractivity contribution in [3.63, 3.8) is 0 Å². The molecule has 2 rings (SSSR count). The van der Waals surface area contributed by atoms with Crippen LogP contribution in [0.4, 0.5) is 0 Å². The first-order chi connectivity index (χ1) is 9.00. The molecular formula is C14H25N3O2. The van der Waals surface area contributed by atoms with E-state index in [1.54, 1.807) is 4.90 Å². The van der Waals surface area contributed by atoms with E-state index in [2.05, 4.69) is 0 Å². The standard InChI is InChI=1S/C14H25N3O2/c1-9(10-4-2-5-11(15)8-10)14(19)17-7-3-6-12(17)13(16)18/h9-12H,2-8,15H2,1H3,(H2,16,18). The van der Waals surface area contributed by atoms with Gasteiger partial charge in [-0.25, -0.2) is 0 Å². The van der Waals surface area contributed by atoms with Crippen LogP contribution in [0.2, 0.25) is 0 Å². The molecule has 19 heavy (non-hydrogen) atoms. The zero-order valence-electron chi connectivity index (χ0n) is 11.7. The molecule has 4 N–H and O–H groups in total. The van der Waals surface area contributed by atoms with Gasteiger partial charge in [0, 0.05) is 18.5 Å². The minimum Gasteiger partial charge on any atom is -0.368 e. The lowest BCUT2D eigenvalue weighted by Gasteiger charge is -2.33. The Kier molecular flexibility index (Phi) is 4.45. The Morgan fingerprint density at radius 1 is 1.21 bits per heavy atom. The first-order valence-electron chi connectivity index (χ1n) is 7.36. The third-order valence-electron chi connectivity index (χ3n) is 4.72. The summed E-state index contributed by atoms with van der Waals surface area (Å²) in [6.07, 6.45) is 5.72. The van der Waals surface area contributed by atoms with Crippen molar-refractivity contribution in [2.45, 2.75) is 57.5 Å². The Labute approximate surface area is 114 Å². The van der Waals surface area contributed by atoms with Crippen LogP contribution in [0.25, 0.3) is 0 Å². The molecule has 0 aromatic heterocycles. The summed E-state index contributed by atoms with van der Waals surface area (Å²) in [6.45, 7) is 2.64. The predicted molar refractivity (Wildman–Crippen MR) is 73.0 cm³/mol. The Bertz CT molecular complexity index is 359. The average Bonchev–Trinajstić information content (AvgIpc) is 2.86. The maximum absolute atomic E-state index is 12.5. The van der Waals surface area contributed by atoms with Crippen LogP contribution in [0.5, 0.6) is 0 Å². The summed E-state index contributed by atoms with van der Waals surface area (Å²) in [5.41, 5.74) is 11.4. The zero-order chi connectivity index (χ0) is 14.0. The average molecular weight is 267 g/mol. The summed E-state index contributed by atoms with van der Waals surface area (Å²) in [7, 11) is 0. The minimum absolute atomic E-state index is 0.0497. The highest BCUT2D eigenvalue weighted by atomic mass is 16.2. The predicted octanol–water partition coefficient (Wildman–Crippen LogP) is 0.616. The van der Waals surface area contributed by atoms with Crippen LogP contribution < -0.4 is 11.5 Å². The van der Waals surface area contributed by atoms with Crippen LogP contribution in [0.3, 0.4) is 0 Å².